The molecule has 20 heavy (non-hydrogen) atoms. The molecule has 1 aromatic heterocycles. The molecular weight excluding hydrogens is 330 g/mol. The molecule has 2 rings (SSSR count). The lowest BCUT2D eigenvalue weighted by molar-refractivity contribution is 0.587. The number of benzene rings is 1. The summed E-state index contributed by atoms with van der Waals surface area (Å²) in [6, 6.07) is 3.34. The normalized spacial score (nSPS) is 10.4. The highest BCUT2D eigenvalue weighted by atomic mass is 79.9. The van der Waals surface area contributed by atoms with E-state index < -0.39 is 11.6 Å². The average Bonchev–Trinajstić information content (AvgIpc) is 2.43. The van der Waals surface area contributed by atoms with Crippen molar-refractivity contribution in [2.24, 2.45) is 0 Å². The standard InChI is InChI=1S/C13H13BrF2N4/c1-2-17-13-19-7-10(14)12(20-13)18-6-8-5-9(15)3-4-11(8)16/h3-5,7H,2,6H2,1H3,(H2,17,18,19,20). The van der Waals surface area contributed by atoms with Crippen molar-refractivity contribution in [3.63, 3.8) is 0 Å². The second-order valence-corrected chi connectivity index (χ2v) is 4.86. The van der Waals surface area contributed by atoms with Crippen LogP contribution in [0.15, 0.2) is 28.9 Å². The van der Waals surface area contributed by atoms with E-state index in [1.54, 1.807) is 6.20 Å². The molecule has 0 aliphatic rings. The number of nitrogens with one attached hydrogen (secondary N) is 2. The molecular formula is C13H13BrF2N4. The van der Waals surface area contributed by atoms with Crippen molar-refractivity contribution in [3.05, 3.63) is 46.1 Å². The van der Waals surface area contributed by atoms with Crippen LogP contribution in [0.2, 0.25) is 0 Å². The summed E-state index contributed by atoms with van der Waals surface area (Å²) >= 11 is 3.30. The van der Waals surface area contributed by atoms with Gasteiger partial charge in [0.1, 0.15) is 17.5 Å². The zero-order valence-electron chi connectivity index (χ0n) is 10.8. The Hall–Kier alpha value is -1.76. The predicted molar refractivity (Wildman–Crippen MR) is 77.6 cm³/mol. The summed E-state index contributed by atoms with van der Waals surface area (Å²) in [7, 11) is 0. The molecule has 0 radical (unpaired) electrons. The van der Waals surface area contributed by atoms with Gasteiger partial charge in [0.25, 0.3) is 0 Å². The van der Waals surface area contributed by atoms with Gasteiger partial charge in [-0.25, -0.2) is 13.8 Å². The van der Waals surface area contributed by atoms with Gasteiger partial charge in [0, 0.05) is 24.8 Å². The van der Waals surface area contributed by atoms with Crippen molar-refractivity contribution in [2.75, 3.05) is 17.2 Å². The van der Waals surface area contributed by atoms with E-state index in [1.807, 2.05) is 6.92 Å². The number of aromatic nitrogens is 2. The molecule has 0 fully saturated rings. The Kier molecular flexibility index (Phi) is 4.84. The second-order valence-electron chi connectivity index (χ2n) is 4.01. The molecule has 0 bridgehead atoms. The van der Waals surface area contributed by atoms with Crippen LogP contribution in [0.3, 0.4) is 0 Å². The molecule has 1 heterocycles. The average molecular weight is 343 g/mol. The molecule has 1 aromatic carbocycles. The molecule has 0 amide bonds. The zero-order chi connectivity index (χ0) is 14.5. The number of anilines is 2. The molecule has 2 N–H and O–H groups in total. The number of rotatable bonds is 5. The van der Waals surface area contributed by atoms with E-state index in [2.05, 4.69) is 36.5 Å². The highest BCUT2D eigenvalue weighted by Crippen LogP contribution is 2.21. The Morgan fingerprint density at radius 1 is 1.25 bits per heavy atom. The molecule has 7 heteroatoms. The summed E-state index contributed by atoms with van der Waals surface area (Å²) in [4.78, 5) is 8.30. The van der Waals surface area contributed by atoms with Crippen LogP contribution in [-0.4, -0.2) is 16.5 Å². The highest BCUT2D eigenvalue weighted by molar-refractivity contribution is 9.10. The second kappa shape index (κ2) is 6.60. The van der Waals surface area contributed by atoms with Gasteiger partial charge in [0.15, 0.2) is 0 Å². The SMILES string of the molecule is CCNc1ncc(Br)c(NCc2cc(F)ccc2F)n1. The van der Waals surface area contributed by atoms with Gasteiger partial charge in [-0.15, -0.1) is 0 Å². The molecule has 106 valence electrons. The van der Waals surface area contributed by atoms with Crippen LogP contribution < -0.4 is 10.6 Å². The maximum Gasteiger partial charge on any atom is 0.224 e. The monoisotopic (exact) mass is 342 g/mol. The van der Waals surface area contributed by atoms with Crippen LogP contribution in [0, 0.1) is 11.6 Å². The first kappa shape index (κ1) is 14.6. The van der Waals surface area contributed by atoms with Crippen LogP contribution in [0.4, 0.5) is 20.5 Å². The van der Waals surface area contributed by atoms with Crippen molar-refractivity contribution in [3.8, 4) is 0 Å². The van der Waals surface area contributed by atoms with Gasteiger partial charge in [-0.2, -0.15) is 4.98 Å². The number of halogens is 3. The van der Waals surface area contributed by atoms with E-state index in [0.29, 0.717) is 22.8 Å². The van der Waals surface area contributed by atoms with Gasteiger partial charge in [0.2, 0.25) is 5.95 Å². The molecule has 0 spiro atoms. The minimum atomic E-state index is -0.474. The van der Waals surface area contributed by atoms with E-state index in [9.17, 15) is 8.78 Å². The van der Waals surface area contributed by atoms with Crippen LogP contribution >= 0.6 is 15.9 Å². The largest absolute Gasteiger partial charge is 0.365 e. The molecule has 0 saturated heterocycles. The molecule has 0 aliphatic carbocycles. The predicted octanol–water partition coefficient (Wildman–Crippen LogP) is 3.56. The lowest BCUT2D eigenvalue weighted by Crippen LogP contribution is -2.08. The molecule has 4 nitrogen and oxygen atoms in total. The lowest BCUT2D eigenvalue weighted by atomic mass is 10.2. The first-order valence-electron chi connectivity index (χ1n) is 6.04. The topological polar surface area (TPSA) is 49.8 Å². The summed E-state index contributed by atoms with van der Waals surface area (Å²) < 4.78 is 27.2. The van der Waals surface area contributed by atoms with Crippen molar-refractivity contribution in [2.45, 2.75) is 13.5 Å². The fourth-order valence-electron chi connectivity index (χ4n) is 1.59. The smallest absolute Gasteiger partial charge is 0.224 e. The minimum Gasteiger partial charge on any atom is -0.365 e. The molecule has 0 unspecified atom stereocenters. The molecule has 0 atom stereocenters. The van der Waals surface area contributed by atoms with Crippen LogP contribution in [-0.2, 0) is 6.54 Å². The van der Waals surface area contributed by atoms with E-state index in [4.69, 9.17) is 0 Å². The highest BCUT2D eigenvalue weighted by Gasteiger charge is 2.07. The first-order valence-corrected chi connectivity index (χ1v) is 6.83. The summed E-state index contributed by atoms with van der Waals surface area (Å²) in [5, 5.41) is 5.93. The zero-order valence-corrected chi connectivity index (χ0v) is 12.3. The van der Waals surface area contributed by atoms with Crippen molar-refractivity contribution in [1.29, 1.82) is 0 Å². The van der Waals surface area contributed by atoms with Crippen molar-refractivity contribution < 1.29 is 8.78 Å². The number of hydrogen-bond acceptors (Lipinski definition) is 4. The van der Waals surface area contributed by atoms with E-state index in [0.717, 1.165) is 18.2 Å². The molecule has 2 aromatic rings. The van der Waals surface area contributed by atoms with E-state index in [1.165, 1.54) is 0 Å². The third kappa shape index (κ3) is 3.63. The first-order chi connectivity index (χ1) is 9.60. The Bertz CT molecular complexity index is 607. The Balaban J connectivity index is 2.13. The van der Waals surface area contributed by atoms with Crippen LogP contribution in [0.1, 0.15) is 12.5 Å². The van der Waals surface area contributed by atoms with Gasteiger partial charge < -0.3 is 10.6 Å². The van der Waals surface area contributed by atoms with Gasteiger partial charge in [-0.05, 0) is 41.1 Å². The Morgan fingerprint density at radius 3 is 2.80 bits per heavy atom. The Labute approximate surface area is 123 Å². The maximum atomic E-state index is 13.5. The number of nitrogens with zero attached hydrogens (tertiary/aromatic N) is 2. The van der Waals surface area contributed by atoms with E-state index >= 15 is 0 Å². The van der Waals surface area contributed by atoms with Crippen LogP contribution in [0.5, 0.6) is 0 Å². The fourth-order valence-corrected chi connectivity index (χ4v) is 1.92. The summed E-state index contributed by atoms with van der Waals surface area (Å²) in [5.41, 5.74) is 0.237. The quantitative estimate of drug-likeness (QED) is 0.872. The van der Waals surface area contributed by atoms with Gasteiger partial charge >= 0.3 is 0 Å². The third-order valence-corrected chi connectivity index (χ3v) is 3.11. The van der Waals surface area contributed by atoms with Crippen LogP contribution in [0.25, 0.3) is 0 Å². The molecule has 0 aliphatic heterocycles. The van der Waals surface area contributed by atoms with E-state index in [-0.39, 0.29) is 12.1 Å². The van der Waals surface area contributed by atoms with Gasteiger partial charge in [-0.3, -0.25) is 0 Å². The third-order valence-electron chi connectivity index (χ3n) is 2.53. The number of hydrogen-bond donors (Lipinski definition) is 2. The summed E-state index contributed by atoms with van der Waals surface area (Å²) in [5.74, 6) is 0.0480. The van der Waals surface area contributed by atoms with Gasteiger partial charge in [-0.1, -0.05) is 0 Å². The minimum absolute atomic E-state index is 0.130. The van der Waals surface area contributed by atoms with Gasteiger partial charge in [0.05, 0.1) is 4.47 Å². The lowest BCUT2D eigenvalue weighted by Gasteiger charge is -2.10. The maximum absolute atomic E-state index is 13.5. The summed E-state index contributed by atoms with van der Waals surface area (Å²) in [6.07, 6.45) is 1.59. The van der Waals surface area contributed by atoms with Crippen molar-refractivity contribution in [1.82, 2.24) is 9.97 Å². The summed E-state index contributed by atoms with van der Waals surface area (Å²) in [6.45, 7) is 2.75. The fraction of sp³-hybridized carbons (Fsp3) is 0.231. The molecule has 0 saturated carbocycles. The Morgan fingerprint density at radius 2 is 2.05 bits per heavy atom. The van der Waals surface area contributed by atoms with Crippen molar-refractivity contribution >= 4 is 27.7 Å².